The van der Waals surface area contributed by atoms with Crippen molar-refractivity contribution in [3.05, 3.63) is 64.3 Å². The van der Waals surface area contributed by atoms with Crippen LogP contribution in [0.4, 0.5) is 4.39 Å². The van der Waals surface area contributed by atoms with Crippen LogP contribution >= 0.6 is 0 Å². The van der Waals surface area contributed by atoms with Gasteiger partial charge < -0.3 is 15.0 Å². The quantitative estimate of drug-likeness (QED) is 0.717. The molecule has 2 N–H and O–H groups in total. The highest BCUT2D eigenvalue weighted by Gasteiger charge is 2.08. The Bertz CT molecular complexity index is 944. The summed E-state index contributed by atoms with van der Waals surface area (Å²) >= 11 is 0. The number of halogens is 1. The van der Waals surface area contributed by atoms with Crippen molar-refractivity contribution in [2.45, 2.75) is 13.0 Å². The number of rotatable bonds is 6. The molecule has 0 radical (unpaired) electrons. The Morgan fingerprint density at radius 2 is 2.00 bits per heavy atom. The van der Waals surface area contributed by atoms with E-state index in [2.05, 4.69) is 10.3 Å². The lowest BCUT2D eigenvalue weighted by molar-refractivity contribution is -0.120. The maximum absolute atomic E-state index is 13.2. The molecular formula is C18H18FN3O3. The lowest BCUT2D eigenvalue weighted by Crippen LogP contribution is -2.31. The van der Waals surface area contributed by atoms with Crippen LogP contribution in [0.2, 0.25) is 0 Å². The van der Waals surface area contributed by atoms with Crippen LogP contribution in [0.1, 0.15) is 5.56 Å². The second-order valence-corrected chi connectivity index (χ2v) is 5.62. The summed E-state index contributed by atoms with van der Waals surface area (Å²) in [5, 5.41) is 2.78. The minimum atomic E-state index is -0.409. The number of carbonyl (C=O) groups is 1. The van der Waals surface area contributed by atoms with Crippen molar-refractivity contribution in [2.24, 2.45) is 0 Å². The Labute approximate surface area is 143 Å². The van der Waals surface area contributed by atoms with Crippen molar-refractivity contribution in [3.8, 4) is 5.75 Å². The van der Waals surface area contributed by atoms with Crippen molar-refractivity contribution >= 4 is 16.9 Å². The number of ether oxygens (including phenoxy) is 1. The zero-order chi connectivity index (χ0) is 17.8. The number of benzene rings is 2. The normalized spacial score (nSPS) is 10.8. The molecule has 0 aliphatic carbocycles. The zero-order valence-corrected chi connectivity index (χ0v) is 13.7. The maximum Gasteiger partial charge on any atom is 0.326 e. The average molecular weight is 343 g/mol. The molecule has 0 unspecified atom stereocenters. The van der Waals surface area contributed by atoms with E-state index in [0.29, 0.717) is 24.1 Å². The van der Waals surface area contributed by atoms with Gasteiger partial charge in [-0.1, -0.05) is 12.1 Å². The molecule has 0 bridgehead atoms. The van der Waals surface area contributed by atoms with Gasteiger partial charge in [0.1, 0.15) is 11.6 Å². The number of methoxy groups -OCH3 is 1. The van der Waals surface area contributed by atoms with Crippen LogP contribution < -0.4 is 15.7 Å². The summed E-state index contributed by atoms with van der Waals surface area (Å²) < 4.78 is 19.7. The molecule has 7 heteroatoms. The molecule has 130 valence electrons. The first-order valence-corrected chi connectivity index (χ1v) is 7.84. The second-order valence-electron chi connectivity index (χ2n) is 5.62. The molecule has 0 saturated carbocycles. The van der Waals surface area contributed by atoms with Crippen LogP contribution in [0.15, 0.2) is 47.3 Å². The van der Waals surface area contributed by atoms with E-state index in [9.17, 15) is 14.0 Å². The molecule has 0 aliphatic rings. The van der Waals surface area contributed by atoms with Crippen molar-refractivity contribution in [1.82, 2.24) is 14.9 Å². The third-order valence-electron chi connectivity index (χ3n) is 3.92. The van der Waals surface area contributed by atoms with Gasteiger partial charge in [0.05, 0.1) is 24.6 Å². The van der Waals surface area contributed by atoms with Crippen LogP contribution in [0.25, 0.3) is 11.0 Å². The molecular weight excluding hydrogens is 325 g/mol. The van der Waals surface area contributed by atoms with Crippen molar-refractivity contribution in [3.63, 3.8) is 0 Å². The molecule has 1 amide bonds. The average Bonchev–Trinajstić information content (AvgIpc) is 2.90. The van der Waals surface area contributed by atoms with Gasteiger partial charge in [0.2, 0.25) is 5.91 Å². The Hall–Kier alpha value is -3.09. The number of aromatic amines is 1. The van der Waals surface area contributed by atoms with E-state index in [1.165, 1.54) is 16.7 Å². The summed E-state index contributed by atoms with van der Waals surface area (Å²) in [5.41, 5.74) is 1.59. The van der Waals surface area contributed by atoms with Crippen molar-refractivity contribution < 1.29 is 13.9 Å². The molecule has 1 heterocycles. The van der Waals surface area contributed by atoms with Gasteiger partial charge >= 0.3 is 5.69 Å². The molecule has 1 aromatic heterocycles. The summed E-state index contributed by atoms with van der Waals surface area (Å²) in [7, 11) is 1.59. The summed E-state index contributed by atoms with van der Waals surface area (Å²) in [4.78, 5) is 26.5. The van der Waals surface area contributed by atoms with Crippen molar-refractivity contribution in [1.29, 1.82) is 0 Å². The van der Waals surface area contributed by atoms with Crippen LogP contribution in [0.5, 0.6) is 5.75 Å². The van der Waals surface area contributed by atoms with Crippen LogP contribution in [0.3, 0.4) is 0 Å². The largest absolute Gasteiger partial charge is 0.497 e. The summed E-state index contributed by atoms with van der Waals surface area (Å²) in [6.07, 6.45) is 0.248. The monoisotopic (exact) mass is 343 g/mol. The number of aromatic nitrogens is 2. The van der Waals surface area contributed by atoms with E-state index in [0.717, 1.165) is 11.3 Å². The van der Waals surface area contributed by atoms with E-state index in [1.54, 1.807) is 25.3 Å². The van der Waals surface area contributed by atoms with E-state index in [1.807, 2.05) is 12.1 Å². The third-order valence-corrected chi connectivity index (χ3v) is 3.92. The zero-order valence-electron chi connectivity index (χ0n) is 13.7. The number of H-pyrrole nitrogens is 1. The molecule has 3 aromatic rings. The Morgan fingerprint density at radius 3 is 2.72 bits per heavy atom. The summed E-state index contributed by atoms with van der Waals surface area (Å²) in [6.45, 7) is 0.609. The molecule has 3 rings (SSSR count). The maximum atomic E-state index is 13.2. The number of nitrogens with one attached hydrogen (secondary N) is 2. The summed E-state index contributed by atoms with van der Waals surface area (Å²) in [6, 6.07) is 11.4. The van der Waals surface area contributed by atoms with Crippen LogP contribution in [-0.4, -0.2) is 29.1 Å². The van der Waals surface area contributed by atoms with Gasteiger partial charge in [0, 0.05) is 13.1 Å². The molecule has 0 spiro atoms. The first kappa shape index (κ1) is 16.8. The topological polar surface area (TPSA) is 76.1 Å². The lowest BCUT2D eigenvalue weighted by atomic mass is 10.1. The Balaban J connectivity index is 1.58. The predicted molar refractivity (Wildman–Crippen MR) is 92.2 cm³/mol. The van der Waals surface area contributed by atoms with Crippen molar-refractivity contribution in [2.75, 3.05) is 13.7 Å². The van der Waals surface area contributed by atoms with E-state index in [-0.39, 0.29) is 18.0 Å². The van der Waals surface area contributed by atoms with Crippen LogP contribution in [-0.2, 0) is 17.8 Å². The lowest BCUT2D eigenvalue weighted by Gasteiger charge is -2.07. The molecule has 0 aliphatic heterocycles. The van der Waals surface area contributed by atoms with E-state index < -0.39 is 5.82 Å². The number of nitrogens with zero attached hydrogens (tertiary/aromatic N) is 1. The molecule has 0 saturated heterocycles. The molecule has 25 heavy (non-hydrogen) atoms. The van der Waals surface area contributed by atoms with Gasteiger partial charge in [0.25, 0.3) is 0 Å². The Morgan fingerprint density at radius 1 is 1.24 bits per heavy atom. The first-order chi connectivity index (χ1) is 12.1. The minimum Gasteiger partial charge on any atom is -0.497 e. The number of fused-ring (bicyclic) bond motifs is 1. The fraction of sp³-hybridized carbons (Fsp3) is 0.222. The third kappa shape index (κ3) is 3.88. The number of imidazole rings is 1. The SMILES string of the molecule is COc1ccc(CC(=O)NCCn2c(=O)[nH]c3cc(F)ccc32)cc1. The highest BCUT2D eigenvalue weighted by atomic mass is 19.1. The van der Waals surface area contributed by atoms with Crippen LogP contribution in [0, 0.1) is 5.82 Å². The van der Waals surface area contributed by atoms with Gasteiger partial charge in [-0.2, -0.15) is 0 Å². The first-order valence-electron chi connectivity index (χ1n) is 7.84. The minimum absolute atomic E-state index is 0.135. The van der Waals surface area contributed by atoms with Gasteiger partial charge in [-0.15, -0.1) is 0 Å². The predicted octanol–water partition coefficient (Wildman–Crippen LogP) is 1.84. The van der Waals surface area contributed by atoms with Gasteiger partial charge in [-0.25, -0.2) is 9.18 Å². The molecule has 6 nitrogen and oxygen atoms in total. The fourth-order valence-electron chi connectivity index (χ4n) is 2.66. The van der Waals surface area contributed by atoms with Gasteiger partial charge in [-0.05, 0) is 35.9 Å². The highest BCUT2D eigenvalue weighted by molar-refractivity contribution is 5.78. The number of carbonyl (C=O) groups excluding carboxylic acids is 1. The second kappa shape index (κ2) is 7.21. The highest BCUT2D eigenvalue weighted by Crippen LogP contribution is 2.12. The molecule has 2 aromatic carbocycles. The standard InChI is InChI=1S/C18H18FN3O3/c1-25-14-5-2-12(3-6-14)10-17(23)20-8-9-22-16-7-4-13(19)11-15(16)21-18(22)24/h2-7,11H,8-10H2,1H3,(H,20,23)(H,21,24). The number of hydrogen-bond acceptors (Lipinski definition) is 3. The molecule has 0 atom stereocenters. The van der Waals surface area contributed by atoms with Gasteiger partial charge in [0.15, 0.2) is 0 Å². The Kier molecular flexibility index (Phi) is 4.83. The smallest absolute Gasteiger partial charge is 0.326 e. The van der Waals surface area contributed by atoms with Gasteiger partial charge in [-0.3, -0.25) is 9.36 Å². The van der Waals surface area contributed by atoms with E-state index in [4.69, 9.17) is 4.74 Å². The molecule has 0 fully saturated rings. The summed E-state index contributed by atoms with van der Waals surface area (Å²) in [5.74, 6) is 0.192. The fourth-order valence-corrected chi connectivity index (χ4v) is 2.66. The number of hydrogen-bond donors (Lipinski definition) is 2. The number of amides is 1. The van der Waals surface area contributed by atoms with E-state index >= 15 is 0 Å².